The van der Waals surface area contributed by atoms with Crippen molar-refractivity contribution in [2.24, 2.45) is 4.99 Å². The number of anilines is 1. The number of nitrogens with zero attached hydrogens (tertiary/aromatic N) is 4. The van der Waals surface area contributed by atoms with Gasteiger partial charge in [-0.15, -0.1) is 0 Å². The zero-order valence-corrected chi connectivity index (χ0v) is 12.9. The number of aliphatic imine (C=N–C) groups is 1. The lowest BCUT2D eigenvalue weighted by molar-refractivity contribution is 0.100. The fourth-order valence-electron chi connectivity index (χ4n) is 2.23. The van der Waals surface area contributed by atoms with E-state index in [9.17, 15) is 14.4 Å². The molecule has 1 amide bonds. The number of hydrogen-bond acceptors (Lipinski definition) is 4. The summed E-state index contributed by atoms with van der Waals surface area (Å²) < 4.78 is 14.5. The lowest BCUT2D eigenvalue weighted by atomic mass is 10.2. The van der Waals surface area contributed by atoms with Crippen molar-refractivity contribution in [2.75, 3.05) is 5.73 Å². The molecule has 2 N–H and O–H groups in total. The van der Waals surface area contributed by atoms with Crippen molar-refractivity contribution in [3.63, 3.8) is 0 Å². The maximum atomic E-state index is 13.0. The van der Waals surface area contributed by atoms with E-state index in [1.807, 2.05) is 6.07 Å². The van der Waals surface area contributed by atoms with Gasteiger partial charge in [-0.25, -0.2) is 9.37 Å². The van der Waals surface area contributed by atoms with Gasteiger partial charge in [0.1, 0.15) is 29.7 Å². The Morgan fingerprint density at radius 3 is 2.48 bits per heavy atom. The van der Waals surface area contributed by atoms with Gasteiger partial charge in [0, 0.05) is 11.3 Å². The van der Waals surface area contributed by atoms with Gasteiger partial charge in [0.25, 0.3) is 5.91 Å². The van der Waals surface area contributed by atoms with Crippen LogP contribution >= 0.6 is 0 Å². The SMILES string of the molecule is N#CC(=NC(=O)c1ccccc1)c1ncn(-c2ccc(F)cc2)c1N. The summed E-state index contributed by atoms with van der Waals surface area (Å²) in [5.74, 6) is -0.809. The molecule has 7 heteroatoms. The molecule has 0 aliphatic rings. The number of halogens is 1. The molecule has 0 atom stereocenters. The highest BCUT2D eigenvalue weighted by molar-refractivity contribution is 6.18. The fourth-order valence-corrected chi connectivity index (χ4v) is 2.23. The predicted octanol–water partition coefficient (Wildman–Crippen LogP) is 2.75. The Bertz CT molecular complexity index is 985. The van der Waals surface area contributed by atoms with E-state index < -0.39 is 5.91 Å². The maximum absolute atomic E-state index is 13.0. The number of amides is 1. The Balaban J connectivity index is 1.98. The number of carbonyl (C=O) groups is 1. The lowest BCUT2D eigenvalue weighted by Crippen LogP contribution is -2.08. The van der Waals surface area contributed by atoms with Crippen LogP contribution in [0.1, 0.15) is 16.1 Å². The van der Waals surface area contributed by atoms with E-state index in [1.165, 1.54) is 35.2 Å². The molecule has 3 rings (SSSR count). The van der Waals surface area contributed by atoms with Gasteiger partial charge in [-0.05, 0) is 36.4 Å². The Labute approximate surface area is 142 Å². The van der Waals surface area contributed by atoms with Crippen LogP contribution in [0, 0.1) is 17.1 Å². The molecule has 6 nitrogen and oxygen atoms in total. The van der Waals surface area contributed by atoms with Gasteiger partial charge in [0.2, 0.25) is 0 Å². The fraction of sp³-hybridized carbons (Fsp3) is 0. The normalized spacial score (nSPS) is 11.1. The Morgan fingerprint density at radius 2 is 1.84 bits per heavy atom. The molecule has 2 aromatic carbocycles. The summed E-state index contributed by atoms with van der Waals surface area (Å²) in [5.41, 5.74) is 6.86. The minimum atomic E-state index is -0.562. The summed E-state index contributed by atoms with van der Waals surface area (Å²) in [5, 5.41) is 9.33. The standard InChI is InChI=1S/C18H12FN5O/c19-13-6-8-14(9-7-13)24-11-22-16(17(24)21)15(10-20)23-18(25)12-4-2-1-3-5-12/h1-9,11H,21H2. The molecule has 0 saturated heterocycles. The van der Waals surface area contributed by atoms with E-state index in [4.69, 9.17) is 5.73 Å². The van der Waals surface area contributed by atoms with Crippen LogP contribution in [0.5, 0.6) is 0 Å². The summed E-state index contributed by atoms with van der Waals surface area (Å²) in [7, 11) is 0. The summed E-state index contributed by atoms with van der Waals surface area (Å²) in [6.07, 6.45) is 1.39. The number of nitrogen functional groups attached to an aromatic ring is 1. The highest BCUT2D eigenvalue weighted by Gasteiger charge is 2.16. The van der Waals surface area contributed by atoms with Crippen molar-refractivity contribution in [1.82, 2.24) is 9.55 Å². The molecule has 0 bridgehead atoms. The van der Waals surface area contributed by atoms with Crippen LogP contribution in [0.2, 0.25) is 0 Å². The molecule has 0 radical (unpaired) electrons. The van der Waals surface area contributed by atoms with E-state index in [0.29, 0.717) is 11.3 Å². The monoisotopic (exact) mass is 333 g/mol. The molecule has 0 aliphatic carbocycles. The van der Waals surface area contributed by atoms with Gasteiger partial charge in [0.15, 0.2) is 5.71 Å². The van der Waals surface area contributed by atoms with E-state index in [1.54, 1.807) is 30.3 Å². The van der Waals surface area contributed by atoms with Crippen molar-refractivity contribution < 1.29 is 9.18 Å². The Kier molecular flexibility index (Phi) is 4.35. The van der Waals surface area contributed by atoms with Crippen molar-refractivity contribution in [3.8, 4) is 11.8 Å². The minimum Gasteiger partial charge on any atom is -0.383 e. The molecule has 1 aromatic heterocycles. The van der Waals surface area contributed by atoms with Gasteiger partial charge in [-0.3, -0.25) is 9.36 Å². The molecule has 3 aromatic rings. The number of aromatic nitrogens is 2. The van der Waals surface area contributed by atoms with E-state index in [2.05, 4.69) is 9.98 Å². The molecule has 0 fully saturated rings. The number of nitrogens with two attached hydrogens (primary N) is 1. The van der Waals surface area contributed by atoms with Crippen molar-refractivity contribution in [2.45, 2.75) is 0 Å². The van der Waals surface area contributed by atoms with Crippen LogP contribution in [-0.2, 0) is 0 Å². The number of hydrogen-bond donors (Lipinski definition) is 1. The molecule has 0 aliphatic heterocycles. The van der Waals surface area contributed by atoms with Crippen LogP contribution in [0.25, 0.3) is 5.69 Å². The number of nitriles is 1. The third kappa shape index (κ3) is 3.28. The second-order valence-electron chi connectivity index (χ2n) is 5.07. The molecular weight excluding hydrogens is 321 g/mol. The molecule has 0 spiro atoms. The summed E-state index contributed by atoms with van der Waals surface area (Å²) in [6.45, 7) is 0. The highest BCUT2D eigenvalue weighted by atomic mass is 19.1. The summed E-state index contributed by atoms with van der Waals surface area (Å²) in [6, 6.07) is 15.8. The lowest BCUT2D eigenvalue weighted by Gasteiger charge is -2.05. The second kappa shape index (κ2) is 6.76. The number of rotatable bonds is 3. The summed E-state index contributed by atoms with van der Waals surface area (Å²) in [4.78, 5) is 20.0. The smallest absolute Gasteiger partial charge is 0.278 e. The van der Waals surface area contributed by atoms with Gasteiger partial charge < -0.3 is 5.73 Å². The zero-order chi connectivity index (χ0) is 17.8. The van der Waals surface area contributed by atoms with Gasteiger partial charge >= 0.3 is 0 Å². The van der Waals surface area contributed by atoms with Gasteiger partial charge in [0.05, 0.1) is 0 Å². The largest absolute Gasteiger partial charge is 0.383 e. The third-order valence-electron chi connectivity index (χ3n) is 3.47. The first-order valence-corrected chi connectivity index (χ1v) is 7.27. The van der Waals surface area contributed by atoms with Crippen LogP contribution in [-0.4, -0.2) is 21.2 Å². The maximum Gasteiger partial charge on any atom is 0.278 e. The average molecular weight is 333 g/mol. The molecule has 25 heavy (non-hydrogen) atoms. The van der Waals surface area contributed by atoms with E-state index >= 15 is 0 Å². The number of benzene rings is 2. The van der Waals surface area contributed by atoms with Crippen molar-refractivity contribution >= 4 is 17.4 Å². The van der Waals surface area contributed by atoms with E-state index in [-0.39, 0.29) is 23.0 Å². The first kappa shape index (κ1) is 16.1. The van der Waals surface area contributed by atoms with Crippen LogP contribution in [0.3, 0.4) is 0 Å². The van der Waals surface area contributed by atoms with Crippen LogP contribution in [0.4, 0.5) is 10.2 Å². The van der Waals surface area contributed by atoms with Crippen LogP contribution < -0.4 is 5.73 Å². The quantitative estimate of drug-likeness (QED) is 0.745. The second-order valence-corrected chi connectivity index (χ2v) is 5.07. The summed E-state index contributed by atoms with van der Waals surface area (Å²) >= 11 is 0. The first-order valence-electron chi connectivity index (χ1n) is 7.27. The topological polar surface area (TPSA) is 97.1 Å². The predicted molar refractivity (Wildman–Crippen MR) is 90.9 cm³/mol. The van der Waals surface area contributed by atoms with Crippen molar-refractivity contribution in [1.29, 1.82) is 5.26 Å². The molecular formula is C18H12FN5O. The minimum absolute atomic E-state index is 0.0936. The first-order chi connectivity index (χ1) is 12.1. The zero-order valence-electron chi connectivity index (χ0n) is 12.9. The van der Waals surface area contributed by atoms with Crippen LogP contribution in [0.15, 0.2) is 65.9 Å². The number of carbonyl (C=O) groups excluding carboxylic acids is 1. The molecule has 122 valence electrons. The van der Waals surface area contributed by atoms with Gasteiger partial charge in [-0.1, -0.05) is 18.2 Å². The van der Waals surface area contributed by atoms with E-state index in [0.717, 1.165) is 0 Å². The van der Waals surface area contributed by atoms with Gasteiger partial charge in [-0.2, -0.15) is 10.3 Å². The Morgan fingerprint density at radius 1 is 1.16 bits per heavy atom. The third-order valence-corrected chi connectivity index (χ3v) is 3.47. The molecule has 0 unspecified atom stereocenters. The molecule has 0 saturated carbocycles. The molecule has 1 heterocycles. The highest BCUT2D eigenvalue weighted by Crippen LogP contribution is 2.18. The van der Waals surface area contributed by atoms with Crippen molar-refractivity contribution in [3.05, 3.63) is 78.0 Å². The number of imidazole rings is 1. The average Bonchev–Trinajstić information content (AvgIpc) is 3.02. The Hall–Kier alpha value is -3.79.